The van der Waals surface area contributed by atoms with Crippen LogP contribution in [0.5, 0.6) is 0 Å². The maximum Gasteiger partial charge on any atom is 0.253 e. The van der Waals surface area contributed by atoms with Crippen molar-refractivity contribution in [3.63, 3.8) is 0 Å². The van der Waals surface area contributed by atoms with Gasteiger partial charge < -0.3 is 20.0 Å². The van der Waals surface area contributed by atoms with E-state index in [1.54, 1.807) is 31.6 Å². The van der Waals surface area contributed by atoms with E-state index in [4.69, 9.17) is 0 Å². The number of rotatable bonds is 6. The van der Waals surface area contributed by atoms with Crippen molar-refractivity contribution in [2.24, 2.45) is 0 Å². The number of hydrogen-bond acceptors (Lipinski definition) is 6. The molecule has 3 aliphatic rings. The number of halogens is 1. The predicted octanol–water partition coefficient (Wildman–Crippen LogP) is 3.51. The van der Waals surface area contributed by atoms with Crippen molar-refractivity contribution in [2.45, 2.75) is 36.7 Å². The van der Waals surface area contributed by atoms with Crippen molar-refractivity contribution in [3.8, 4) is 11.1 Å². The van der Waals surface area contributed by atoms with Crippen LogP contribution >= 0.6 is 0 Å². The first kappa shape index (κ1) is 22.1. The van der Waals surface area contributed by atoms with Gasteiger partial charge >= 0.3 is 0 Å². The van der Waals surface area contributed by atoms with E-state index in [1.807, 2.05) is 23.1 Å². The van der Waals surface area contributed by atoms with Gasteiger partial charge in [0.25, 0.3) is 5.91 Å². The molecule has 8 heteroatoms. The Balaban J connectivity index is 1.32. The van der Waals surface area contributed by atoms with Gasteiger partial charge in [-0.25, -0.2) is 14.4 Å². The van der Waals surface area contributed by atoms with Crippen molar-refractivity contribution in [3.05, 3.63) is 71.3 Å². The molecule has 1 aromatic heterocycles. The number of amides is 1. The van der Waals surface area contributed by atoms with Gasteiger partial charge in [0, 0.05) is 60.3 Å². The molecule has 1 amide bonds. The predicted molar refractivity (Wildman–Crippen MR) is 129 cm³/mol. The number of carbonyl (C=O) groups is 1. The topological polar surface area (TPSA) is 89.8 Å². The molecule has 0 radical (unpaired) electrons. The zero-order valence-electron chi connectivity index (χ0n) is 19.5. The van der Waals surface area contributed by atoms with Crippen LogP contribution < -0.4 is 4.90 Å². The number of anilines is 2. The molecule has 0 bridgehead atoms. The molecule has 1 aliphatic heterocycles. The zero-order chi connectivity index (χ0) is 24.4. The van der Waals surface area contributed by atoms with Crippen LogP contribution in [0.2, 0.25) is 0 Å². The minimum absolute atomic E-state index is 0.0656. The molecular formula is C27H27FN4O3. The Labute approximate surface area is 202 Å². The number of aliphatic hydroxyl groups excluding tert-OH is 1. The van der Waals surface area contributed by atoms with Crippen molar-refractivity contribution in [1.82, 2.24) is 14.9 Å². The Morgan fingerprint density at radius 2 is 1.86 bits per heavy atom. The van der Waals surface area contributed by atoms with Gasteiger partial charge in [-0.2, -0.15) is 0 Å². The third-order valence-electron chi connectivity index (χ3n) is 7.62. The van der Waals surface area contributed by atoms with Crippen LogP contribution in [-0.4, -0.2) is 57.7 Å². The Bertz CT molecular complexity index is 1320. The summed E-state index contributed by atoms with van der Waals surface area (Å²) < 4.78 is 14.6. The number of benzene rings is 2. The number of hydrogen-bond donors (Lipinski definition) is 2. The lowest BCUT2D eigenvalue weighted by Gasteiger charge is -2.20. The molecule has 0 atom stereocenters. The fraction of sp³-hybridized carbons (Fsp3) is 0.370. The van der Waals surface area contributed by atoms with Crippen LogP contribution in [0.3, 0.4) is 0 Å². The normalized spacial score (nSPS) is 18.5. The van der Waals surface area contributed by atoms with E-state index in [-0.39, 0.29) is 30.3 Å². The number of likely N-dealkylation sites (N-methyl/N-ethyl adjacent to an activating group) is 1. The van der Waals surface area contributed by atoms with Gasteiger partial charge in [-0.1, -0.05) is 12.1 Å². The van der Waals surface area contributed by atoms with Crippen LogP contribution in [-0.2, 0) is 11.0 Å². The number of fused-ring (bicyclic) bond motifs is 2. The van der Waals surface area contributed by atoms with Crippen molar-refractivity contribution in [2.75, 3.05) is 31.6 Å². The molecule has 0 saturated heterocycles. The van der Waals surface area contributed by atoms with E-state index in [2.05, 4.69) is 9.97 Å². The summed E-state index contributed by atoms with van der Waals surface area (Å²) in [5.74, 6) is -0.0279. The van der Waals surface area contributed by atoms with Gasteiger partial charge in [-0.15, -0.1) is 0 Å². The number of aromatic nitrogens is 2. The monoisotopic (exact) mass is 474 g/mol. The smallest absolute Gasteiger partial charge is 0.253 e. The summed E-state index contributed by atoms with van der Waals surface area (Å²) in [5.41, 5.74) is 3.52. The second-order valence-corrected chi connectivity index (χ2v) is 10.0. The molecule has 2 aliphatic carbocycles. The van der Waals surface area contributed by atoms with Gasteiger partial charge in [-0.3, -0.25) is 4.79 Å². The summed E-state index contributed by atoms with van der Waals surface area (Å²) in [6, 6.07) is 10.5. The highest BCUT2D eigenvalue weighted by atomic mass is 19.1. The van der Waals surface area contributed by atoms with Gasteiger partial charge in [0.15, 0.2) is 0 Å². The first-order valence-corrected chi connectivity index (χ1v) is 12.0. The first-order chi connectivity index (χ1) is 16.8. The van der Waals surface area contributed by atoms with Crippen molar-refractivity contribution in [1.29, 1.82) is 0 Å². The maximum absolute atomic E-state index is 14.6. The summed E-state index contributed by atoms with van der Waals surface area (Å²) in [5, 5.41) is 19.6. The Kier molecular flexibility index (Phi) is 4.95. The molecule has 2 aromatic carbocycles. The summed E-state index contributed by atoms with van der Waals surface area (Å²) >= 11 is 0. The average molecular weight is 475 g/mol. The summed E-state index contributed by atoms with van der Waals surface area (Å²) in [6.45, 7) is 0.914. The van der Waals surface area contributed by atoms with E-state index in [9.17, 15) is 19.4 Å². The van der Waals surface area contributed by atoms with Gasteiger partial charge in [0.1, 0.15) is 5.82 Å². The number of carbonyl (C=O) groups excluding carboxylic acids is 1. The van der Waals surface area contributed by atoms with E-state index >= 15 is 0 Å². The van der Waals surface area contributed by atoms with E-state index in [0.717, 1.165) is 25.1 Å². The van der Waals surface area contributed by atoms with Gasteiger partial charge in [0.05, 0.1) is 12.2 Å². The minimum atomic E-state index is -0.846. The van der Waals surface area contributed by atoms with Gasteiger partial charge in [0.2, 0.25) is 5.95 Å². The minimum Gasteiger partial charge on any atom is -0.395 e. The number of nitrogens with zero attached hydrogens (tertiary/aromatic N) is 4. The van der Waals surface area contributed by atoms with Gasteiger partial charge in [-0.05, 0) is 61.1 Å². The quantitative estimate of drug-likeness (QED) is 0.568. The van der Waals surface area contributed by atoms with Crippen LogP contribution in [0.15, 0.2) is 48.8 Å². The second-order valence-electron chi connectivity index (χ2n) is 10.0. The molecule has 7 nitrogen and oxygen atoms in total. The molecule has 2 fully saturated rings. The summed E-state index contributed by atoms with van der Waals surface area (Å²) in [6.07, 6.45) is 6.75. The van der Waals surface area contributed by atoms with E-state index < -0.39 is 5.60 Å². The fourth-order valence-electron chi connectivity index (χ4n) is 5.08. The lowest BCUT2D eigenvalue weighted by molar-refractivity contribution is 0.0767. The lowest BCUT2D eigenvalue weighted by Crippen LogP contribution is -2.29. The average Bonchev–Trinajstić information content (AvgIpc) is 3.78. The highest BCUT2D eigenvalue weighted by molar-refractivity contribution is 5.96. The Morgan fingerprint density at radius 1 is 1.11 bits per heavy atom. The second kappa shape index (κ2) is 7.83. The summed E-state index contributed by atoms with van der Waals surface area (Å²) in [7, 11) is 1.67. The molecule has 1 spiro atoms. The molecule has 2 N–H and O–H groups in total. The van der Waals surface area contributed by atoms with Crippen LogP contribution in [0.1, 0.15) is 47.2 Å². The highest BCUT2D eigenvalue weighted by Gasteiger charge is 2.52. The fourth-order valence-corrected chi connectivity index (χ4v) is 5.08. The number of aliphatic hydroxyl groups is 2. The van der Waals surface area contributed by atoms with Crippen LogP contribution in [0, 0.1) is 5.82 Å². The van der Waals surface area contributed by atoms with Crippen molar-refractivity contribution < 1.29 is 19.4 Å². The maximum atomic E-state index is 14.6. The van der Waals surface area contributed by atoms with Crippen LogP contribution in [0.25, 0.3) is 11.1 Å². The van der Waals surface area contributed by atoms with E-state index in [0.29, 0.717) is 41.0 Å². The third kappa shape index (κ3) is 3.68. The largest absolute Gasteiger partial charge is 0.395 e. The highest BCUT2D eigenvalue weighted by Crippen LogP contribution is 2.57. The Morgan fingerprint density at radius 3 is 2.51 bits per heavy atom. The zero-order valence-corrected chi connectivity index (χ0v) is 19.5. The van der Waals surface area contributed by atoms with Crippen LogP contribution in [0.4, 0.5) is 16.0 Å². The first-order valence-electron chi connectivity index (χ1n) is 12.0. The van der Waals surface area contributed by atoms with Crippen molar-refractivity contribution >= 4 is 17.5 Å². The molecule has 6 rings (SSSR count). The summed E-state index contributed by atoms with van der Waals surface area (Å²) in [4.78, 5) is 25.5. The third-order valence-corrected chi connectivity index (χ3v) is 7.62. The van der Waals surface area contributed by atoms with E-state index in [1.165, 1.54) is 16.5 Å². The molecule has 2 saturated carbocycles. The lowest BCUT2D eigenvalue weighted by atomic mass is 9.97. The Hall–Kier alpha value is -3.36. The molecule has 2 heterocycles. The standard InChI is InChI=1S/C27H27FN4O3/c1-31(10-11-33)24(34)17-2-4-21-23(12-17)32(16-26(21)6-7-26)25-29-14-18(15-30-25)20-13-19(3-5-22(20)28)27(35)8-9-27/h2-5,12-15,33,35H,6-11,16H2,1H3. The molecule has 3 aromatic rings. The molecule has 180 valence electrons. The molecular weight excluding hydrogens is 447 g/mol. The molecule has 0 unspecified atom stereocenters. The molecule has 35 heavy (non-hydrogen) atoms. The SMILES string of the molecule is CN(CCO)C(=O)c1ccc2c(c1)N(c1ncc(-c3cc(C4(O)CC4)ccc3F)cn1)CC21CC1.